The van der Waals surface area contributed by atoms with Crippen molar-refractivity contribution in [3.05, 3.63) is 40.8 Å². The minimum Gasteiger partial charge on any atom is -0.338 e. The Balaban J connectivity index is 2.25. The number of rotatable bonds is 3. The molecule has 2 aromatic rings. The number of urea groups is 1. The van der Waals surface area contributed by atoms with Gasteiger partial charge in [0.25, 0.3) is 5.56 Å². The van der Waals surface area contributed by atoms with Crippen molar-refractivity contribution in [3.63, 3.8) is 0 Å². The second-order valence-corrected chi connectivity index (χ2v) is 4.08. The van der Waals surface area contributed by atoms with Crippen LogP contribution in [0.1, 0.15) is 6.92 Å². The molecule has 7 nitrogen and oxygen atoms in total. The normalized spacial score (nSPS) is 10.2. The molecule has 0 aliphatic carbocycles. The van der Waals surface area contributed by atoms with Crippen LogP contribution in [-0.2, 0) is 11.3 Å². The van der Waals surface area contributed by atoms with Gasteiger partial charge in [0, 0.05) is 6.54 Å². The molecule has 2 N–H and O–H groups in total. The summed E-state index contributed by atoms with van der Waals surface area (Å²) in [4.78, 5) is 38.8. The van der Waals surface area contributed by atoms with Crippen LogP contribution in [0.15, 0.2) is 35.3 Å². The molecular weight excluding hydrogens is 260 g/mol. The highest BCUT2D eigenvalue weighted by molar-refractivity contribution is 5.94. The molecule has 20 heavy (non-hydrogen) atoms. The molecule has 104 valence electrons. The van der Waals surface area contributed by atoms with Crippen molar-refractivity contribution in [2.45, 2.75) is 13.5 Å². The van der Waals surface area contributed by atoms with Gasteiger partial charge >= 0.3 is 6.03 Å². The zero-order valence-electron chi connectivity index (χ0n) is 10.9. The zero-order chi connectivity index (χ0) is 14.5. The third-order valence-corrected chi connectivity index (χ3v) is 2.64. The Hall–Kier alpha value is -2.70. The van der Waals surface area contributed by atoms with Gasteiger partial charge < -0.3 is 5.32 Å². The maximum atomic E-state index is 11.8. The van der Waals surface area contributed by atoms with Crippen molar-refractivity contribution in [3.8, 4) is 0 Å². The first kappa shape index (κ1) is 13.7. The lowest BCUT2D eigenvalue weighted by Gasteiger charge is -2.09. The Morgan fingerprint density at radius 2 is 2.05 bits per heavy atom. The van der Waals surface area contributed by atoms with Gasteiger partial charge in [0.05, 0.1) is 17.2 Å². The molecule has 0 saturated carbocycles. The SMILES string of the molecule is CCNC(=O)NC(=O)Cn1c(=O)cnc2ccccc21. The van der Waals surface area contributed by atoms with Gasteiger partial charge in [-0.3, -0.25) is 19.5 Å². The molecule has 0 saturated heterocycles. The van der Waals surface area contributed by atoms with E-state index in [1.165, 1.54) is 4.57 Å². The molecule has 0 unspecified atom stereocenters. The van der Waals surface area contributed by atoms with Crippen LogP contribution >= 0.6 is 0 Å². The summed E-state index contributed by atoms with van der Waals surface area (Å²) in [7, 11) is 0. The van der Waals surface area contributed by atoms with Crippen LogP contribution < -0.4 is 16.2 Å². The smallest absolute Gasteiger partial charge is 0.321 e. The van der Waals surface area contributed by atoms with Gasteiger partial charge in [0.15, 0.2) is 0 Å². The third-order valence-electron chi connectivity index (χ3n) is 2.64. The maximum Gasteiger partial charge on any atom is 0.321 e. The number of hydrogen-bond donors (Lipinski definition) is 2. The lowest BCUT2D eigenvalue weighted by molar-refractivity contribution is -0.120. The fourth-order valence-corrected chi connectivity index (χ4v) is 1.79. The maximum absolute atomic E-state index is 11.8. The number of carbonyl (C=O) groups excluding carboxylic acids is 2. The van der Waals surface area contributed by atoms with Gasteiger partial charge in [0.1, 0.15) is 6.54 Å². The molecule has 0 aliphatic rings. The zero-order valence-corrected chi connectivity index (χ0v) is 10.9. The first-order valence-corrected chi connectivity index (χ1v) is 6.14. The summed E-state index contributed by atoms with van der Waals surface area (Å²) in [6.45, 7) is 1.92. The Bertz CT molecular complexity index is 708. The number of nitrogens with one attached hydrogen (secondary N) is 2. The quantitative estimate of drug-likeness (QED) is 0.838. The van der Waals surface area contributed by atoms with Crippen molar-refractivity contribution in [1.82, 2.24) is 20.2 Å². The van der Waals surface area contributed by atoms with Gasteiger partial charge in [-0.2, -0.15) is 0 Å². The largest absolute Gasteiger partial charge is 0.338 e. The molecule has 3 amide bonds. The van der Waals surface area contributed by atoms with E-state index in [4.69, 9.17) is 0 Å². The molecule has 0 spiro atoms. The highest BCUT2D eigenvalue weighted by Crippen LogP contribution is 2.07. The fraction of sp³-hybridized carbons (Fsp3) is 0.231. The van der Waals surface area contributed by atoms with Gasteiger partial charge in [-0.25, -0.2) is 9.78 Å². The number of benzene rings is 1. The highest BCUT2D eigenvalue weighted by Gasteiger charge is 2.10. The van der Waals surface area contributed by atoms with E-state index >= 15 is 0 Å². The number of para-hydroxylation sites is 2. The summed E-state index contributed by atoms with van der Waals surface area (Å²) in [5, 5.41) is 4.60. The molecule has 7 heteroatoms. The number of hydrogen-bond acceptors (Lipinski definition) is 4. The molecule has 1 aromatic heterocycles. The Labute approximate surface area is 114 Å². The second kappa shape index (κ2) is 5.96. The van der Waals surface area contributed by atoms with Gasteiger partial charge in [0.2, 0.25) is 5.91 Å². The second-order valence-electron chi connectivity index (χ2n) is 4.08. The monoisotopic (exact) mass is 274 g/mol. The van der Waals surface area contributed by atoms with Crippen LogP contribution in [0.2, 0.25) is 0 Å². The molecule has 0 radical (unpaired) electrons. The molecule has 1 aromatic carbocycles. The molecule has 0 bridgehead atoms. The predicted octanol–water partition coefficient (Wildman–Crippen LogP) is 0.242. The minimum atomic E-state index is -0.580. The van der Waals surface area contributed by atoms with Gasteiger partial charge in [-0.15, -0.1) is 0 Å². The number of carbonyl (C=O) groups is 2. The van der Waals surface area contributed by atoms with E-state index in [0.29, 0.717) is 17.6 Å². The minimum absolute atomic E-state index is 0.237. The van der Waals surface area contributed by atoms with Crippen LogP contribution in [0.25, 0.3) is 11.0 Å². The van der Waals surface area contributed by atoms with Crippen LogP contribution in [0, 0.1) is 0 Å². The lowest BCUT2D eigenvalue weighted by atomic mass is 10.3. The van der Waals surface area contributed by atoms with Crippen LogP contribution in [0.5, 0.6) is 0 Å². The van der Waals surface area contributed by atoms with Crippen LogP contribution in [0.3, 0.4) is 0 Å². The molecule has 2 rings (SSSR count). The van der Waals surface area contributed by atoms with E-state index in [0.717, 1.165) is 6.20 Å². The van der Waals surface area contributed by atoms with Crippen molar-refractivity contribution in [2.75, 3.05) is 6.54 Å². The topological polar surface area (TPSA) is 93.1 Å². The van der Waals surface area contributed by atoms with Crippen LogP contribution in [-0.4, -0.2) is 28.0 Å². The van der Waals surface area contributed by atoms with Crippen molar-refractivity contribution < 1.29 is 9.59 Å². The number of aromatic nitrogens is 2. The van der Waals surface area contributed by atoms with Crippen molar-refractivity contribution in [2.24, 2.45) is 0 Å². The average molecular weight is 274 g/mol. The number of imide groups is 1. The molecule has 0 aliphatic heterocycles. The van der Waals surface area contributed by atoms with Gasteiger partial charge in [-0.05, 0) is 19.1 Å². The van der Waals surface area contributed by atoms with Gasteiger partial charge in [-0.1, -0.05) is 12.1 Å². The fourth-order valence-electron chi connectivity index (χ4n) is 1.79. The Morgan fingerprint density at radius 1 is 1.30 bits per heavy atom. The first-order chi connectivity index (χ1) is 9.61. The van der Waals surface area contributed by atoms with Crippen molar-refractivity contribution in [1.29, 1.82) is 0 Å². The van der Waals surface area contributed by atoms with Crippen LogP contribution in [0.4, 0.5) is 4.79 Å². The van der Waals surface area contributed by atoms with E-state index in [-0.39, 0.29) is 6.54 Å². The number of amides is 3. The summed E-state index contributed by atoms with van der Waals surface area (Å²) in [5.41, 5.74) is 0.763. The summed E-state index contributed by atoms with van der Waals surface area (Å²) in [6, 6.07) is 6.40. The molecule has 0 atom stereocenters. The van der Waals surface area contributed by atoms with E-state index in [2.05, 4.69) is 15.6 Å². The summed E-state index contributed by atoms with van der Waals surface area (Å²) >= 11 is 0. The Kier molecular flexibility index (Phi) is 4.09. The molecular formula is C13H14N4O3. The van der Waals surface area contributed by atoms with Crippen molar-refractivity contribution >= 4 is 23.0 Å². The van der Waals surface area contributed by atoms with E-state index in [1.807, 2.05) is 0 Å². The standard InChI is InChI=1S/C13H14N4O3/c1-2-14-13(20)16-11(18)8-17-10-6-4-3-5-9(10)15-7-12(17)19/h3-7H,2,8H2,1H3,(H2,14,16,18,20). The molecule has 0 fully saturated rings. The lowest BCUT2D eigenvalue weighted by Crippen LogP contribution is -2.42. The van der Waals surface area contributed by atoms with E-state index in [9.17, 15) is 14.4 Å². The van der Waals surface area contributed by atoms with E-state index < -0.39 is 17.5 Å². The summed E-state index contributed by atoms with van der Waals surface area (Å²) in [6.07, 6.45) is 1.15. The molecule has 1 heterocycles. The van der Waals surface area contributed by atoms with E-state index in [1.54, 1.807) is 31.2 Å². The number of nitrogens with zero attached hydrogens (tertiary/aromatic N) is 2. The summed E-state index contributed by atoms with van der Waals surface area (Å²) in [5.74, 6) is -0.561. The third kappa shape index (κ3) is 3.00. The first-order valence-electron chi connectivity index (χ1n) is 6.14. The Morgan fingerprint density at radius 3 is 2.80 bits per heavy atom. The summed E-state index contributed by atoms with van der Waals surface area (Å²) < 4.78 is 1.27. The number of fused-ring (bicyclic) bond motifs is 1. The average Bonchev–Trinajstić information content (AvgIpc) is 2.42. The predicted molar refractivity (Wildman–Crippen MR) is 73.2 cm³/mol. The highest BCUT2D eigenvalue weighted by atomic mass is 16.2.